The van der Waals surface area contributed by atoms with Gasteiger partial charge in [-0.05, 0) is 7.05 Å². The van der Waals surface area contributed by atoms with Crippen molar-refractivity contribution in [2.75, 3.05) is 41.0 Å². The maximum atomic E-state index is 11.1. The number of esters is 1. The van der Waals surface area contributed by atoms with Crippen molar-refractivity contribution in [2.24, 2.45) is 0 Å². The van der Waals surface area contributed by atoms with Crippen LogP contribution in [0.1, 0.15) is 0 Å². The summed E-state index contributed by atoms with van der Waals surface area (Å²) in [5, 5.41) is 9.43. The highest BCUT2D eigenvalue weighted by atomic mass is 79.9. The van der Waals surface area contributed by atoms with Crippen molar-refractivity contribution in [3.63, 3.8) is 0 Å². The number of nitrogens with zero attached hydrogens (tertiary/aromatic N) is 1. The predicted molar refractivity (Wildman–Crippen MR) is 60.1 cm³/mol. The van der Waals surface area contributed by atoms with Gasteiger partial charge in [-0.25, -0.2) is 0 Å². The summed E-state index contributed by atoms with van der Waals surface area (Å²) in [6.07, 6.45) is -0.544. The van der Waals surface area contributed by atoms with E-state index in [0.29, 0.717) is 13.1 Å². The van der Waals surface area contributed by atoms with Crippen LogP contribution < -0.4 is 0 Å². The molecule has 90 valence electrons. The molecule has 2 unspecified atom stereocenters. The molecule has 0 aliphatic heterocycles. The quantitative estimate of drug-likeness (QED) is 0.521. The Morgan fingerprint density at radius 3 is 2.53 bits per heavy atom. The Bertz CT molecular complexity index is 191. The first-order chi connectivity index (χ1) is 7.01. The van der Waals surface area contributed by atoms with Crippen molar-refractivity contribution in [1.82, 2.24) is 4.90 Å². The number of hydrogen-bond donors (Lipinski definition) is 1. The zero-order chi connectivity index (χ0) is 11.8. The first-order valence-electron chi connectivity index (χ1n) is 4.58. The summed E-state index contributed by atoms with van der Waals surface area (Å²) in [7, 11) is 4.69. The maximum Gasteiger partial charge on any atom is 0.320 e. The number of carbonyl (C=O) groups excluding carboxylic acids is 1. The van der Waals surface area contributed by atoms with Crippen molar-refractivity contribution in [3.8, 4) is 0 Å². The van der Waals surface area contributed by atoms with Crippen molar-refractivity contribution >= 4 is 21.9 Å². The topological polar surface area (TPSA) is 59.0 Å². The molecule has 5 nitrogen and oxygen atoms in total. The second kappa shape index (κ2) is 8.04. The Hall–Kier alpha value is -0.170. The predicted octanol–water partition coefficient (Wildman–Crippen LogP) is -0.138. The molecule has 0 saturated heterocycles. The van der Waals surface area contributed by atoms with Gasteiger partial charge in [0.2, 0.25) is 0 Å². The summed E-state index contributed by atoms with van der Waals surface area (Å²) in [4.78, 5) is 12.5. The van der Waals surface area contributed by atoms with Crippen LogP contribution in [0.15, 0.2) is 0 Å². The third-order valence-corrected chi connectivity index (χ3v) is 2.47. The lowest BCUT2D eigenvalue weighted by Crippen LogP contribution is -2.37. The molecule has 0 heterocycles. The fraction of sp³-hybridized carbons (Fsp3) is 0.889. The molecule has 0 aliphatic carbocycles. The summed E-state index contributed by atoms with van der Waals surface area (Å²) >= 11 is 3.20. The van der Waals surface area contributed by atoms with Crippen molar-refractivity contribution < 1.29 is 19.4 Å². The van der Waals surface area contributed by atoms with Crippen LogP contribution in [0.2, 0.25) is 0 Å². The van der Waals surface area contributed by atoms with E-state index in [4.69, 9.17) is 4.74 Å². The molecule has 0 amide bonds. The largest absolute Gasteiger partial charge is 0.468 e. The van der Waals surface area contributed by atoms with Crippen LogP contribution in [0.4, 0.5) is 0 Å². The molecule has 2 atom stereocenters. The van der Waals surface area contributed by atoms with Gasteiger partial charge in [0.25, 0.3) is 0 Å². The van der Waals surface area contributed by atoms with Gasteiger partial charge >= 0.3 is 5.97 Å². The molecule has 6 heteroatoms. The van der Waals surface area contributed by atoms with E-state index >= 15 is 0 Å². The Kier molecular flexibility index (Phi) is 7.95. The molecule has 15 heavy (non-hydrogen) atoms. The number of rotatable bonds is 7. The van der Waals surface area contributed by atoms with Crippen LogP contribution in [0.25, 0.3) is 0 Å². The smallest absolute Gasteiger partial charge is 0.320 e. The fourth-order valence-corrected chi connectivity index (χ4v) is 1.84. The van der Waals surface area contributed by atoms with Gasteiger partial charge in [0, 0.05) is 20.2 Å². The van der Waals surface area contributed by atoms with Gasteiger partial charge in [-0.3, -0.25) is 4.79 Å². The van der Waals surface area contributed by atoms with E-state index in [0.717, 1.165) is 0 Å². The van der Waals surface area contributed by atoms with E-state index in [1.54, 1.807) is 0 Å². The minimum absolute atomic E-state index is 0.287. The van der Waals surface area contributed by atoms with Crippen molar-refractivity contribution in [3.05, 3.63) is 0 Å². The number of carbonyl (C=O) groups is 1. The Morgan fingerprint density at radius 2 is 2.07 bits per heavy atom. The normalized spacial score (nSPS) is 15.1. The van der Waals surface area contributed by atoms with Crippen LogP contribution in [0.3, 0.4) is 0 Å². The van der Waals surface area contributed by atoms with Crippen LogP contribution in [-0.2, 0) is 14.3 Å². The molecule has 0 saturated carbocycles. The fourth-order valence-electron chi connectivity index (χ4n) is 1.16. The Labute approximate surface area is 98.5 Å². The SMILES string of the molecule is COCC(O)CN(C)CC(Br)C(=O)OC. The van der Waals surface area contributed by atoms with Crippen molar-refractivity contribution in [1.29, 1.82) is 0 Å². The first kappa shape index (κ1) is 14.8. The summed E-state index contributed by atoms with van der Waals surface area (Å²) in [6.45, 7) is 1.22. The van der Waals surface area contributed by atoms with Gasteiger partial charge in [0.15, 0.2) is 0 Å². The number of halogens is 1. The molecule has 0 fully saturated rings. The number of hydrogen-bond acceptors (Lipinski definition) is 5. The molecular formula is C9H18BrNO4. The van der Waals surface area contributed by atoms with Gasteiger partial charge in [0.1, 0.15) is 4.83 Å². The van der Waals surface area contributed by atoms with Gasteiger partial charge in [-0.1, -0.05) is 15.9 Å². The molecule has 0 rings (SSSR count). The number of methoxy groups -OCH3 is 2. The van der Waals surface area contributed by atoms with Gasteiger partial charge in [-0.15, -0.1) is 0 Å². The van der Waals surface area contributed by atoms with Gasteiger partial charge in [0.05, 0.1) is 19.8 Å². The lowest BCUT2D eigenvalue weighted by atomic mass is 10.3. The zero-order valence-electron chi connectivity index (χ0n) is 9.27. The third-order valence-electron chi connectivity index (χ3n) is 1.81. The van der Waals surface area contributed by atoms with E-state index < -0.39 is 6.10 Å². The molecule has 0 bridgehead atoms. The number of ether oxygens (including phenoxy) is 2. The lowest BCUT2D eigenvalue weighted by Gasteiger charge is -2.21. The maximum absolute atomic E-state index is 11.1. The average Bonchev–Trinajstić information content (AvgIpc) is 2.16. The minimum Gasteiger partial charge on any atom is -0.468 e. The van der Waals surface area contributed by atoms with E-state index in [-0.39, 0.29) is 17.4 Å². The van der Waals surface area contributed by atoms with Gasteiger partial charge in [-0.2, -0.15) is 0 Å². The number of alkyl halides is 1. The third kappa shape index (κ3) is 6.83. The standard InChI is InChI=1S/C9H18BrNO4/c1-11(4-7(12)6-14-2)5-8(10)9(13)15-3/h7-8,12H,4-6H2,1-3H3. The van der Waals surface area contributed by atoms with Crippen LogP contribution in [0, 0.1) is 0 Å². The molecule has 0 radical (unpaired) electrons. The molecule has 1 N–H and O–H groups in total. The lowest BCUT2D eigenvalue weighted by molar-refractivity contribution is -0.140. The zero-order valence-corrected chi connectivity index (χ0v) is 10.9. The Morgan fingerprint density at radius 1 is 1.47 bits per heavy atom. The number of aliphatic hydroxyl groups is 1. The van der Waals surface area contributed by atoms with E-state index in [1.807, 2.05) is 11.9 Å². The number of aliphatic hydroxyl groups excluding tert-OH is 1. The van der Waals surface area contributed by atoms with E-state index in [9.17, 15) is 9.90 Å². The summed E-state index contributed by atoms with van der Waals surface area (Å²) in [5.41, 5.74) is 0. The molecule has 0 aromatic carbocycles. The Balaban J connectivity index is 3.81. The van der Waals surface area contributed by atoms with Gasteiger partial charge < -0.3 is 19.5 Å². The minimum atomic E-state index is -0.544. The average molecular weight is 284 g/mol. The van der Waals surface area contributed by atoms with Crippen LogP contribution >= 0.6 is 15.9 Å². The molecular weight excluding hydrogens is 266 g/mol. The number of likely N-dealkylation sites (N-methyl/N-ethyl adjacent to an activating group) is 1. The van der Waals surface area contributed by atoms with Crippen LogP contribution in [-0.4, -0.2) is 67.9 Å². The summed E-state index contributed by atoms with van der Waals surface area (Å²) in [5.74, 6) is -0.317. The van der Waals surface area contributed by atoms with E-state index in [2.05, 4.69) is 20.7 Å². The van der Waals surface area contributed by atoms with E-state index in [1.165, 1.54) is 14.2 Å². The monoisotopic (exact) mass is 283 g/mol. The molecule has 0 aromatic heterocycles. The summed E-state index contributed by atoms with van der Waals surface area (Å²) in [6, 6.07) is 0. The highest BCUT2D eigenvalue weighted by molar-refractivity contribution is 9.10. The molecule has 0 spiro atoms. The highest BCUT2D eigenvalue weighted by Crippen LogP contribution is 2.04. The van der Waals surface area contributed by atoms with Crippen LogP contribution in [0.5, 0.6) is 0 Å². The second-order valence-electron chi connectivity index (χ2n) is 3.32. The molecule has 0 aromatic rings. The highest BCUT2D eigenvalue weighted by Gasteiger charge is 2.18. The van der Waals surface area contributed by atoms with Crippen molar-refractivity contribution in [2.45, 2.75) is 10.9 Å². The first-order valence-corrected chi connectivity index (χ1v) is 5.50. The summed E-state index contributed by atoms with van der Waals surface area (Å²) < 4.78 is 9.36. The molecule has 0 aliphatic rings. The second-order valence-corrected chi connectivity index (χ2v) is 4.43.